The maximum atomic E-state index is 6.61. The van der Waals surface area contributed by atoms with Gasteiger partial charge in [0.15, 0.2) is 0 Å². The molecule has 0 aliphatic carbocycles. The SMILES string of the molecule is Cc1cc(C(C)(C)C)cc(C)c1N1c2cc(C(C)C)cc3c2B(c2ccc(-c4cc5ccccc5o4)cc2N3c2cccc(-c3cc4ccccc4o3)c2)c2sc3ccc(C(C)(C)C)cc3c21. The second kappa shape index (κ2) is 14.9. The molecule has 6 heteroatoms. The lowest BCUT2D eigenvalue weighted by Crippen LogP contribution is -2.60. The molecule has 3 aromatic heterocycles. The quantitative estimate of drug-likeness (QED) is 0.161. The Bertz CT molecular complexity index is 3560. The van der Waals surface area contributed by atoms with Gasteiger partial charge in [0.2, 0.25) is 0 Å². The molecular weight excluding hydrogens is 836 g/mol. The largest absolute Gasteiger partial charge is 0.456 e. The number of para-hydroxylation sites is 2. The molecule has 0 amide bonds. The minimum Gasteiger partial charge on any atom is -0.456 e. The summed E-state index contributed by atoms with van der Waals surface area (Å²) in [5.74, 6) is 1.99. The molecule has 2 aliphatic heterocycles. The van der Waals surface area contributed by atoms with E-state index >= 15 is 0 Å². The molecule has 0 fully saturated rings. The van der Waals surface area contributed by atoms with E-state index in [-0.39, 0.29) is 23.5 Å². The number of fused-ring (bicyclic) bond motifs is 8. The van der Waals surface area contributed by atoms with Crippen molar-refractivity contribution in [2.24, 2.45) is 0 Å². The highest BCUT2D eigenvalue weighted by molar-refractivity contribution is 7.33. The van der Waals surface area contributed by atoms with Crippen LogP contribution in [0.4, 0.5) is 34.1 Å². The highest BCUT2D eigenvalue weighted by Crippen LogP contribution is 2.51. The predicted octanol–water partition coefficient (Wildman–Crippen LogP) is 16.1. The minimum absolute atomic E-state index is 0.0134. The van der Waals surface area contributed by atoms with Crippen molar-refractivity contribution < 1.29 is 8.83 Å². The molecule has 12 rings (SSSR count). The normalized spacial score (nSPS) is 13.6. The van der Waals surface area contributed by atoms with Crippen molar-refractivity contribution in [2.45, 2.75) is 86.0 Å². The van der Waals surface area contributed by atoms with Gasteiger partial charge in [-0.3, -0.25) is 0 Å². The zero-order valence-corrected chi connectivity index (χ0v) is 40.9. The van der Waals surface area contributed by atoms with Gasteiger partial charge in [0, 0.05) is 59.5 Å². The molecule has 0 N–H and O–H groups in total. The van der Waals surface area contributed by atoms with Gasteiger partial charge in [-0.15, -0.1) is 11.3 Å². The number of hydrogen-bond acceptors (Lipinski definition) is 5. The summed E-state index contributed by atoms with van der Waals surface area (Å²) in [6.07, 6.45) is 0. The maximum Gasteiger partial charge on any atom is 0.264 e. The van der Waals surface area contributed by atoms with Gasteiger partial charge in [-0.1, -0.05) is 134 Å². The molecule has 0 unspecified atom stereocenters. The average Bonchev–Trinajstić information content (AvgIpc) is 4.04. The first-order valence-electron chi connectivity index (χ1n) is 23.8. The van der Waals surface area contributed by atoms with Gasteiger partial charge in [0.25, 0.3) is 6.71 Å². The number of nitrogens with zero attached hydrogens (tertiary/aromatic N) is 2. The Balaban J connectivity index is 1.18. The van der Waals surface area contributed by atoms with E-state index in [1.54, 1.807) is 0 Å². The summed E-state index contributed by atoms with van der Waals surface area (Å²) in [5.41, 5.74) is 20.3. The smallest absolute Gasteiger partial charge is 0.264 e. The molecule has 0 saturated carbocycles. The molecule has 5 heterocycles. The highest BCUT2D eigenvalue weighted by atomic mass is 32.1. The topological polar surface area (TPSA) is 32.8 Å². The van der Waals surface area contributed by atoms with Crippen molar-refractivity contribution in [3.63, 3.8) is 0 Å². The zero-order valence-electron chi connectivity index (χ0n) is 40.1. The summed E-state index contributed by atoms with van der Waals surface area (Å²) < 4.78 is 15.8. The molecule has 0 bridgehead atoms. The Morgan fingerprint density at radius 2 is 1.15 bits per heavy atom. The van der Waals surface area contributed by atoms with E-state index in [0.717, 1.165) is 56.0 Å². The lowest BCUT2D eigenvalue weighted by atomic mass is 9.36. The van der Waals surface area contributed by atoms with Crippen molar-refractivity contribution in [1.29, 1.82) is 0 Å². The number of benzene rings is 7. The van der Waals surface area contributed by atoms with Crippen LogP contribution in [0.15, 0.2) is 154 Å². The highest BCUT2D eigenvalue weighted by Gasteiger charge is 2.46. The molecule has 330 valence electrons. The third-order valence-electron chi connectivity index (χ3n) is 14.3. The zero-order chi connectivity index (χ0) is 46.3. The van der Waals surface area contributed by atoms with E-state index in [2.05, 4.69) is 206 Å². The fourth-order valence-corrected chi connectivity index (χ4v) is 12.1. The van der Waals surface area contributed by atoms with Gasteiger partial charge < -0.3 is 18.6 Å². The summed E-state index contributed by atoms with van der Waals surface area (Å²) in [5, 5.41) is 3.51. The minimum atomic E-state index is -0.0167. The van der Waals surface area contributed by atoms with Crippen molar-refractivity contribution in [2.75, 3.05) is 9.80 Å². The van der Waals surface area contributed by atoms with E-state index < -0.39 is 0 Å². The molecule has 4 nitrogen and oxygen atoms in total. The third-order valence-corrected chi connectivity index (χ3v) is 15.5. The number of rotatable bonds is 5. The fraction of sp³-hybridized carbons (Fsp3) is 0.213. The summed E-state index contributed by atoms with van der Waals surface area (Å²) in [4.78, 5) is 5.21. The van der Waals surface area contributed by atoms with Crippen molar-refractivity contribution >= 4 is 99.9 Å². The molecule has 67 heavy (non-hydrogen) atoms. The van der Waals surface area contributed by atoms with Crippen molar-refractivity contribution in [1.82, 2.24) is 0 Å². The van der Waals surface area contributed by atoms with Crippen LogP contribution in [0.3, 0.4) is 0 Å². The Kier molecular flexibility index (Phi) is 9.25. The van der Waals surface area contributed by atoms with Crippen LogP contribution in [0, 0.1) is 13.8 Å². The monoisotopic (exact) mass is 890 g/mol. The van der Waals surface area contributed by atoms with Crippen LogP contribution in [0.2, 0.25) is 0 Å². The van der Waals surface area contributed by atoms with Gasteiger partial charge in [-0.05, 0) is 136 Å². The van der Waals surface area contributed by atoms with Crippen LogP contribution >= 0.6 is 11.3 Å². The van der Waals surface area contributed by atoms with Crippen LogP contribution in [0.25, 0.3) is 54.7 Å². The molecular formula is C61H55BN2O2S. The average molecular weight is 891 g/mol. The Morgan fingerprint density at radius 3 is 1.76 bits per heavy atom. The Labute approximate surface area is 398 Å². The molecule has 0 saturated heterocycles. The first-order valence-corrected chi connectivity index (χ1v) is 24.6. The molecule has 2 aliphatic rings. The van der Waals surface area contributed by atoms with Crippen LogP contribution in [0.5, 0.6) is 0 Å². The molecule has 7 aromatic carbocycles. The molecule has 0 spiro atoms. The lowest BCUT2D eigenvalue weighted by molar-refractivity contribution is 0.589. The number of hydrogen-bond donors (Lipinski definition) is 0. The summed E-state index contributed by atoms with van der Waals surface area (Å²) >= 11 is 1.96. The molecule has 0 radical (unpaired) electrons. The van der Waals surface area contributed by atoms with Crippen molar-refractivity contribution in [3.05, 3.63) is 173 Å². The first kappa shape index (κ1) is 41.7. The van der Waals surface area contributed by atoms with Gasteiger partial charge in [0.1, 0.15) is 22.7 Å². The van der Waals surface area contributed by atoms with E-state index in [4.69, 9.17) is 8.83 Å². The molecule has 0 atom stereocenters. The van der Waals surface area contributed by atoms with Gasteiger partial charge >= 0.3 is 0 Å². The van der Waals surface area contributed by atoms with Crippen molar-refractivity contribution in [3.8, 4) is 22.6 Å². The van der Waals surface area contributed by atoms with Gasteiger partial charge in [0.05, 0.1) is 11.4 Å². The maximum absolute atomic E-state index is 6.61. The van der Waals surface area contributed by atoms with Crippen LogP contribution < -0.4 is 25.5 Å². The standard InChI is InChI=1S/C61H55BN2O2S/c1-35(2)42-30-49-56-50(31-42)64(57-36(3)26-44(27-37(57)4)61(8,9)10)58-46-34-43(60(5,6)7)23-25-55(46)67-59(58)62(56)47-24-22-41(54-33-40-17-12-14-21-52(40)66-54)29-48(47)63(49)45-19-15-18-38(28-45)53-32-39-16-11-13-20-51(39)65-53/h11-35H,1-10H3. The fourth-order valence-electron chi connectivity index (χ4n) is 10.8. The number of aryl methyl sites for hydroxylation is 2. The Hall–Kier alpha value is -6.76. The van der Waals surface area contributed by atoms with Gasteiger partial charge in [-0.25, -0.2) is 0 Å². The van der Waals surface area contributed by atoms with E-state index in [1.165, 1.54) is 76.4 Å². The Morgan fingerprint density at radius 1 is 0.537 bits per heavy atom. The number of thiophene rings is 1. The third kappa shape index (κ3) is 6.62. The molecule has 10 aromatic rings. The second-order valence-electron chi connectivity index (χ2n) is 21.3. The predicted molar refractivity (Wildman–Crippen MR) is 287 cm³/mol. The van der Waals surface area contributed by atoms with Crippen LogP contribution in [-0.4, -0.2) is 6.71 Å². The summed E-state index contributed by atoms with van der Waals surface area (Å²) in [7, 11) is 0. The lowest BCUT2D eigenvalue weighted by Gasteiger charge is -2.44. The van der Waals surface area contributed by atoms with E-state index in [1.807, 2.05) is 29.5 Å². The summed E-state index contributed by atoms with van der Waals surface area (Å²) in [6.45, 7) is 23.2. The number of anilines is 6. The van der Waals surface area contributed by atoms with Gasteiger partial charge in [-0.2, -0.15) is 0 Å². The first-order chi connectivity index (χ1) is 32.1. The van der Waals surface area contributed by atoms with E-state index in [0.29, 0.717) is 0 Å². The number of furan rings is 2. The second-order valence-corrected chi connectivity index (χ2v) is 22.4. The van der Waals surface area contributed by atoms with Crippen LogP contribution in [0.1, 0.15) is 89.1 Å². The summed E-state index contributed by atoms with van der Waals surface area (Å²) in [6, 6.07) is 54.0. The van der Waals surface area contributed by atoms with Crippen LogP contribution in [-0.2, 0) is 10.8 Å². The van der Waals surface area contributed by atoms with E-state index in [9.17, 15) is 0 Å².